The van der Waals surface area contributed by atoms with E-state index in [1.165, 1.54) is 0 Å². The second-order valence-corrected chi connectivity index (χ2v) is 2.93. The van der Waals surface area contributed by atoms with Crippen LogP contribution in [-0.2, 0) is 9.59 Å². The van der Waals surface area contributed by atoms with Crippen LogP contribution in [0.4, 0.5) is 0 Å². The minimum Gasteiger partial charge on any atom is -0.480 e. The van der Waals surface area contributed by atoms with Crippen LogP contribution in [0, 0.1) is 0 Å². The van der Waals surface area contributed by atoms with Crippen molar-refractivity contribution in [3.63, 3.8) is 0 Å². The van der Waals surface area contributed by atoms with Gasteiger partial charge in [0.15, 0.2) is 0 Å². The van der Waals surface area contributed by atoms with E-state index >= 15 is 0 Å². The van der Waals surface area contributed by atoms with E-state index in [-0.39, 0.29) is 13.0 Å². The number of hydrogen-bond acceptors (Lipinski definition) is 4. The maximum absolute atomic E-state index is 11.2. The minimum atomic E-state index is -1.17. The zero-order valence-corrected chi connectivity index (χ0v) is 8.06. The molecule has 0 aliphatic rings. The number of carboxylic acid groups (broad SMARTS) is 1. The molecule has 0 aliphatic heterocycles. The molecule has 1 amide bonds. The second-order valence-electron chi connectivity index (χ2n) is 2.93. The lowest BCUT2D eigenvalue weighted by molar-refractivity contribution is -0.142. The SMILES string of the molecule is CC[C@H](N)C(=O)N[C@H](CCO)C(=O)O. The Morgan fingerprint density at radius 1 is 1.50 bits per heavy atom. The summed E-state index contributed by atoms with van der Waals surface area (Å²) in [5, 5.41) is 19.4. The maximum atomic E-state index is 11.2. The first kappa shape index (κ1) is 12.9. The molecular formula is C8H16N2O4. The van der Waals surface area contributed by atoms with Gasteiger partial charge in [-0.15, -0.1) is 0 Å². The minimum absolute atomic E-state index is 0.0164. The molecule has 0 aromatic heterocycles. The largest absolute Gasteiger partial charge is 0.480 e. The monoisotopic (exact) mass is 204 g/mol. The Balaban J connectivity index is 4.15. The van der Waals surface area contributed by atoms with Crippen LogP contribution in [0.25, 0.3) is 0 Å². The van der Waals surface area contributed by atoms with Gasteiger partial charge < -0.3 is 21.3 Å². The Bertz CT molecular complexity index is 208. The van der Waals surface area contributed by atoms with E-state index in [1.54, 1.807) is 6.92 Å². The lowest BCUT2D eigenvalue weighted by Crippen LogP contribution is -2.48. The fourth-order valence-corrected chi connectivity index (χ4v) is 0.851. The maximum Gasteiger partial charge on any atom is 0.326 e. The molecule has 0 radical (unpaired) electrons. The first-order valence-electron chi connectivity index (χ1n) is 4.42. The van der Waals surface area contributed by atoms with Gasteiger partial charge in [-0.1, -0.05) is 6.92 Å². The summed E-state index contributed by atoms with van der Waals surface area (Å²) in [4.78, 5) is 21.8. The van der Waals surface area contributed by atoms with E-state index < -0.39 is 24.0 Å². The number of rotatable bonds is 6. The molecule has 14 heavy (non-hydrogen) atoms. The Morgan fingerprint density at radius 3 is 2.43 bits per heavy atom. The fraction of sp³-hybridized carbons (Fsp3) is 0.750. The normalized spacial score (nSPS) is 14.5. The highest BCUT2D eigenvalue weighted by atomic mass is 16.4. The highest BCUT2D eigenvalue weighted by molar-refractivity contribution is 5.86. The van der Waals surface area contributed by atoms with Crippen molar-refractivity contribution in [1.82, 2.24) is 5.32 Å². The molecule has 0 aromatic carbocycles. The van der Waals surface area contributed by atoms with Crippen LogP contribution in [0.1, 0.15) is 19.8 Å². The number of aliphatic hydroxyl groups excluding tert-OH is 1. The lowest BCUT2D eigenvalue weighted by Gasteiger charge is -2.15. The summed E-state index contributed by atoms with van der Waals surface area (Å²) in [5.41, 5.74) is 5.39. The van der Waals surface area contributed by atoms with Crippen molar-refractivity contribution in [3.8, 4) is 0 Å². The van der Waals surface area contributed by atoms with E-state index in [4.69, 9.17) is 15.9 Å². The third kappa shape index (κ3) is 4.20. The van der Waals surface area contributed by atoms with Crippen LogP contribution in [0.3, 0.4) is 0 Å². The van der Waals surface area contributed by atoms with Crippen LogP contribution in [0.5, 0.6) is 0 Å². The van der Waals surface area contributed by atoms with Gasteiger partial charge in [-0.3, -0.25) is 4.79 Å². The Hall–Kier alpha value is -1.14. The number of nitrogens with one attached hydrogen (secondary N) is 1. The summed E-state index contributed by atoms with van der Waals surface area (Å²) in [6.45, 7) is 1.44. The molecule has 0 rings (SSSR count). The number of nitrogens with two attached hydrogens (primary N) is 1. The molecule has 0 aromatic rings. The summed E-state index contributed by atoms with van der Waals surface area (Å²) in [7, 11) is 0. The highest BCUT2D eigenvalue weighted by Crippen LogP contribution is 1.94. The van der Waals surface area contributed by atoms with Crippen LogP contribution >= 0.6 is 0 Å². The Morgan fingerprint density at radius 2 is 2.07 bits per heavy atom. The summed E-state index contributed by atoms with van der Waals surface area (Å²) in [5.74, 6) is -1.68. The van der Waals surface area contributed by atoms with Crippen molar-refractivity contribution < 1.29 is 19.8 Å². The summed E-state index contributed by atoms with van der Waals surface area (Å²) in [6, 6.07) is -1.76. The van der Waals surface area contributed by atoms with Gasteiger partial charge in [0.25, 0.3) is 0 Å². The molecule has 0 unspecified atom stereocenters. The average Bonchev–Trinajstić information content (AvgIpc) is 2.15. The molecule has 0 spiro atoms. The van der Waals surface area contributed by atoms with E-state index in [9.17, 15) is 9.59 Å². The van der Waals surface area contributed by atoms with Gasteiger partial charge >= 0.3 is 5.97 Å². The van der Waals surface area contributed by atoms with Crippen molar-refractivity contribution in [2.24, 2.45) is 5.73 Å². The van der Waals surface area contributed by atoms with Crippen molar-refractivity contribution >= 4 is 11.9 Å². The molecular weight excluding hydrogens is 188 g/mol. The topological polar surface area (TPSA) is 113 Å². The Kier molecular flexibility index (Phi) is 5.82. The number of carboxylic acids is 1. The standard InChI is InChI=1S/C8H16N2O4/c1-2-5(9)7(12)10-6(3-4-11)8(13)14/h5-6,11H,2-4,9H2,1H3,(H,10,12)(H,13,14)/t5-,6+/m0/s1. The molecule has 0 aliphatic carbocycles. The van der Waals surface area contributed by atoms with Gasteiger partial charge in [-0.05, 0) is 6.42 Å². The Labute approximate surface area is 82.1 Å². The zero-order valence-electron chi connectivity index (χ0n) is 8.06. The van der Waals surface area contributed by atoms with Crippen molar-refractivity contribution in [2.45, 2.75) is 31.8 Å². The molecule has 2 atom stereocenters. The molecule has 82 valence electrons. The quantitative estimate of drug-likeness (QED) is 0.428. The molecule has 0 heterocycles. The molecule has 6 heteroatoms. The summed E-state index contributed by atoms with van der Waals surface area (Å²) < 4.78 is 0. The molecule has 5 N–H and O–H groups in total. The van der Waals surface area contributed by atoms with Crippen molar-refractivity contribution in [1.29, 1.82) is 0 Å². The van der Waals surface area contributed by atoms with Crippen molar-refractivity contribution in [2.75, 3.05) is 6.61 Å². The molecule has 0 saturated carbocycles. The fourth-order valence-electron chi connectivity index (χ4n) is 0.851. The molecule has 0 saturated heterocycles. The third-order valence-electron chi connectivity index (χ3n) is 1.81. The van der Waals surface area contributed by atoms with Gasteiger partial charge in [0, 0.05) is 13.0 Å². The van der Waals surface area contributed by atoms with Gasteiger partial charge in [0.2, 0.25) is 5.91 Å². The number of aliphatic carboxylic acids is 1. The highest BCUT2D eigenvalue weighted by Gasteiger charge is 2.21. The van der Waals surface area contributed by atoms with Crippen LogP contribution in [0.2, 0.25) is 0 Å². The number of aliphatic hydroxyl groups is 1. The second kappa shape index (κ2) is 6.33. The van der Waals surface area contributed by atoms with Gasteiger partial charge in [-0.25, -0.2) is 4.79 Å². The predicted molar refractivity (Wildman–Crippen MR) is 49.5 cm³/mol. The van der Waals surface area contributed by atoms with Crippen LogP contribution < -0.4 is 11.1 Å². The molecule has 0 fully saturated rings. The molecule has 0 bridgehead atoms. The first-order valence-corrected chi connectivity index (χ1v) is 4.42. The lowest BCUT2D eigenvalue weighted by atomic mass is 10.1. The van der Waals surface area contributed by atoms with Gasteiger partial charge in [0.05, 0.1) is 6.04 Å². The van der Waals surface area contributed by atoms with E-state index in [0.29, 0.717) is 6.42 Å². The predicted octanol–water partition coefficient (Wildman–Crippen LogP) is -1.32. The summed E-state index contributed by atoms with van der Waals surface area (Å²) >= 11 is 0. The van der Waals surface area contributed by atoms with Gasteiger partial charge in [-0.2, -0.15) is 0 Å². The first-order chi connectivity index (χ1) is 6.52. The third-order valence-corrected chi connectivity index (χ3v) is 1.81. The summed E-state index contributed by atoms with van der Waals surface area (Å²) in [6.07, 6.45) is 0.425. The number of carbonyl (C=O) groups is 2. The number of amides is 1. The van der Waals surface area contributed by atoms with E-state index in [2.05, 4.69) is 5.32 Å². The number of hydrogen-bond donors (Lipinski definition) is 4. The van der Waals surface area contributed by atoms with E-state index in [1.807, 2.05) is 0 Å². The van der Waals surface area contributed by atoms with Crippen LogP contribution in [0.15, 0.2) is 0 Å². The smallest absolute Gasteiger partial charge is 0.326 e. The average molecular weight is 204 g/mol. The van der Waals surface area contributed by atoms with E-state index in [0.717, 1.165) is 0 Å². The van der Waals surface area contributed by atoms with Gasteiger partial charge in [0.1, 0.15) is 6.04 Å². The molecule has 6 nitrogen and oxygen atoms in total. The number of carbonyl (C=O) groups excluding carboxylic acids is 1. The van der Waals surface area contributed by atoms with Crippen molar-refractivity contribution in [3.05, 3.63) is 0 Å². The van der Waals surface area contributed by atoms with Crippen LogP contribution in [-0.4, -0.2) is 40.8 Å². The zero-order chi connectivity index (χ0) is 11.1.